The maximum atomic E-state index is 5.94. The molecule has 0 spiro atoms. The number of fused-ring (bicyclic) bond motifs is 2. The van der Waals surface area contributed by atoms with Crippen molar-refractivity contribution in [2.45, 2.75) is 52.6 Å². The Bertz CT molecular complexity index is 460. The van der Waals surface area contributed by atoms with E-state index in [0.29, 0.717) is 16.9 Å². The fourth-order valence-electron chi connectivity index (χ4n) is 4.63. The third-order valence-electron chi connectivity index (χ3n) is 5.69. The number of nitrogens with one attached hydrogen (secondary N) is 1. The van der Waals surface area contributed by atoms with Crippen LogP contribution < -0.4 is 5.32 Å². The molecule has 2 heteroatoms. The van der Waals surface area contributed by atoms with E-state index in [9.17, 15) is 0 Å². The highest BCUT2D eigenvalue weighted by molar-refractivity contribution is 6.30. The van der Waals surface area contributed by atoms with Crippen LogP contribution in [0.25, 0.3) is 0 Å². The number of halogens is 1. The Labute approximate surface area is 121 Å². The topological polar surface area (TPSA) is 12.0 Å². The van der Waals surface area contributed by atoms with Gasteiger partial charge in [-0.15, -0.1) is 0 Å². The summed E-state index contributed by atoms with van der Waals surface area (Å²) in [5, 5.41) is 4.65. The van der Waals surface area contributed by atoms with Gasteiger partial charge in [0.2, 0.25) is 0 Å². The molecule has 3 rings (SSSR count). The second-order valence-electron chi connectivity index (χ2n) is 7.36. The number of hydrogen-bond acceptors (Lipinski definition) is 1. The summed E-state index contributed by atoms with van der Waals surface area (Å²) in [5.74, 6) is 0.903. The Morgan fingerprint density at radius 2 is 1.89 bits per heavy atom. The van der Waals surface area contributed by atoms with Crippen molar-refractivity contribution in [2.24, 2.45) is 16.7 Å². The molecule has 3 atom stereocenters. The minimum absolute atomic E-state index is 0.430. The van der Waals surface area contributed by atoms with Crippen molar-refractivity contribution in [3.8, 4) is 0 Å². The van der Waals surface area contributed by atoms with E-state index < -0.39 is 0 Å². The average molecular weight is 278 g/mol. The number of benzene rings is 1. The van der Waals surface area contributed by atoms with Crippen molar-refractivity contribution in [1.82, 2.24) is 5.32 Å². The first-order valence-corrected chi connectivity index (χ1v) is 7.77. The van der Waals surface area contributed by atoms with Gasteiger partial charge in [0.25, 0.3) is 0 Å². The van der Waals surface area contributed by atoms with Gasteiger partial charge in [0, 0.05) is 17.6 Å². The van der Waals surface area contributed by atoms with Gasteiger partial charge in [-0.1, -0.05) is 44.5 Å². The largest absolute Gasteiger partial charge is 0.309 e. The van der Waals surface area contributed by atoms with E-state index in [1.165, 1.54) is 24.8 Å². The van der Waals surface area contributed by atoms with Gasteiger partial charge >= 0.3 is 0 Å². The van der Waals surface area contributed by atoms with Crippen molar-refractivity contribution < 1.29 is 0 Å². The molecule has 0 amide bonds. The molecular formula is C17H24ClN. The first-order chi connectivity index (χ1) is 8.92. The van der Waals surface area contributed by atoms with Crippen LogP contribution in [0.3, 0.4) is 0 Å². The summed E-state index contributed by atoms with van der Waals surface area (Å²) in [6.45, 7) is 8.32. The molecule has 2 fully saturated rings. The van der Waals surface area contributed by atoms with E-state index >= 15 is 0 Å². The zero-order chi connectivity index (χ0) is 13.7. The summed E-state index contributed by atoms with van der Waals surface area (Å²) < 4.78 is 0. The molecule has 1 N–H and O–H groups in total. The minimum Gasteiger partial charge on any atom is -0.309 e. The van der Waals surface area contributed by atoms with Crippen LogP contribution in [0, 0.1) is 16.7 Å². The van der Waals surface area contributed by atoms with Crippen LogP contribution in [0.1, 0.15) is 45.6 Å². The third kappa shape index (κ3) is 2.21. The van der Waals surface area contributed by atoms with Crippen molar-refractivity contribution in [2.75, 3.05) is 0 Å². The number of hydrogen-bond donors (Lipinski definition) is 1. The maximum Gasteiger partial charge on any atom is 0.0406 e. The Kier molecular flexibility index (Phi) is 3.18. The molecule has 19 heavy (non-hydrogen) atoms. The molecule has 0 aromatic heterocycles. The zero-order valence-corrected chi connectivity index (χ0v) is 12.9. The van der Waals surface area contributed by atoms with Crippen LogP contribution in [-0.4, -0.2) is 6.04 Å². The summed E-state index contributed by atoms with van der Waals surface area (Å²) in [5.41, 5.74) is 2.26. The summed E-state index contributed by atoms with van der Waals surface area (Å²) in [6, 6.07) is 8.84. The Morgan fingerprint density at radius 3 is 2.47 bits per heavy atom. The molecule has 2 saturated carbocycles. The molecule has 2 aliphatic carbocycles. The predicted molar refractivity (Wildman–Crippen MR) is 81.3 cm³/mol. The first-order valence-electron chi connectivity index (χ1n) is 7.40. The van der Waals surface area contributed by atoms with Crippen molar-refractivity contribution in [3.63, 3.8) is 0 Å². The van der Waals surface area contributed by atoms with Crippen molar-refractivity contribution in [1.29, 1.82) is 0 Å². The lowest BCUT2D eigenvalue weighted by Gasteiger charge is -2.43. The second-order valence-corrected chi connectivity index (χ2v) is 7.79. The highest BCUT2D eigenvalue weighted by Gasteiger charge is 2.58. The summed E-state index contributed by atoms with van der Waals surface area (Å²) in [6.07, 6.45) is 4.21. The van der Waals surface area contributed by atoms with Crippen molar-refractivity contribution in [3.05, 3.63) is 34.9 Å². The van der Waals surface area contributed by atoms with Crippen molar-refractivity contribution >= 4 is 11.6 Å². The lowest BCUT2D eigenvalue weighted by molar-refractivity contribution is 0.108. The van der Waals surface area contributed by atoms with Crippen LogP contribution in [0.15, 0.2) is 24.3 Å². The zero-order valence-electron chi connectivity index (χ0n) is 12.2. The van der Waals surface area contributed by atoms with E-state index in [4.69, 9.17) is 11.6 Å². The quantitative estimate of drug-likeness (QED) is 0.848. The molecule has 0 saturated heterocycles. The summed E-state index contributed by atoms with van der Waals surface area (Å²) in [4.78, 5) is 0. The standard InChI is InChI=1S/C17H24ClN/c1-16(2)13-8-9-17(3,10-13)15(16)19-11-12-4-6-14(18)7-5-12/h4-7,13,15,19H,8-11H2,1-3H3. The molecule has 2 bridgehead atoms. The molecule has 2 aliphatic rings. The molecule has 3 unspecified atom stereocenters. The SMILES string of the molecule is CC12CCC(C1)C(C)(C)C2NCc1ccc(Cl)cc1. The maximum absolute atomic E-state index is 5.94. The average Bonchev–Trinajstić information content (AvgIpc) is 2.82. The van der Waals surface area contributed by atoms with Gasteiger partial charge < -0.3 is 5.32 Å². The van der Waals surface area contributed by atoms with E-state index in [1.807, 2.05) is 12.1 Å². The van der Waals surface area contributed by atoms with Gasteiger partial charge in [-0.3, -0.25) is 0 Å². The Hall–Kier alpha value is -0.530. The van der Waals surface area contributed by atoms with Crippen LogP contribution in [0.2, 0.25) is 5.02 Å². The summed E-state index contributed by atoms with van der Waals surface area (Å²) in [7, 11) is 0. The fourth-order valence-corrected chi connectivity index (χ4v) is 4.76. The summed E-state index contributed by atoms with van der Waals surface area (Å²) >= 11 is 5.94. The first kappa shape index (κ1) is 13.5. The molecule has 1 nitrogen and oxygen atoms in total. The molecule has 104 valence electrons. The third-order valence-corrected chi connectivity index (χ3v) is 5.95. The molecule has 0 heterocycles. The molecule has 0 radical (unpaired) electrons. The van der Waals surface area contributed by atoms with Gasteiger partial charge in [-0.2, -0.15) is 0 Å². The molecule has 1 aromatic rings. The molecule has 0 aliphatic heterocycles. The predicted octanol–water partition coefficient (Wildman–Crippen LogP) is 4.64. The highest BCUT2D eigenvalue weighted by Crippen LogP contribution is 2.62. The fraction of sp³-hybridized carbons (Fsp3) is 0.647. The second kappa shape index (κ2) is 4.49. The van der Waals surface area contributed by atoms with Crippen LogP contribution in [0.4, 0.5) is 0 Å². The van der Waals surface area contributed by atoms with Gasteiger partial charge in [-0.05, 0) is 53.7 Å². The lowest BCUT2D eigenvalue weighted by atomic mass is 9.68. The van der Waals surface area contributed by atoms with Gasteiger partial charge in [0.05, 0.1) is 0 Å². The Balaban J connectivity index is 1.71. The Morgan fingerprint density at radius 1 is 1.21 bits per heavy atom. The van der Waals surface area contributed by atoms with E-state index in [0.717, 1.165) is 17.5 Å². The smallest absolute Gasteiger partial charge is 0.0406 e. The van der Waals surface area contributed by atoms with Gasteiger partial charge in [-0.25, -0.2) is 0 Å². The van der Waals surface area contributed by atoms with Gasteiger partial charge in [0.15, 0.2) is 0 Å². The number of rotatable bonds is 3. The lowest BCUT2D eigenvalue weighted by Crippen LogP contribution is -2.49. The van der Waals surface area contributed by atoms with Crippen LogP contribution in [0.5, 0.6) is 0 Å². The van der Waals surface area contributed by atoms with Gasteiger partial charge in [0.1, 0.15) is 0 Å². The monoisotopic (exact) mass is 277 g/mol. The minimum atomic E-state index is 0.430. The highest BCUT2D eigenvalue weighted by atomic mass is 35.5. The van der Waals surface area contributed by atoms with Crippen LogP contribution >= 0.6 is 11.6 Å². The molecular weight excluding hydrogens is 254 g/mol. The molecule has 1 aromatic carbocycles. The van der Waals surface area contributed by atoms with Crippen LogP contribution in [-0.2, 0) is 6.54 Å². The van der Waals surface area contributed by atoms with E-state index in [-0.39, 0.29) is 0 Å². The van der Waals surface area contributed by atoms with E-state index in [2.05, 4.69) is 38.2 Å². The normalized spacial score (nSPS) is 35.8. The van der Waals surface area contributed by atoms with E-state index in [1.54, 1.807) is 0 Å².